The van der Waals surface area contributed by atoms with E-state index in [1.54, 1.807) is 35.7 Å². The molecule has 3 aromatic heterocycles. The molecule has 13 nitrogen and oxygen atoms in total. The lowest BCUT2D eigenvalue weighted by Crippen LogP contribution is -2.51. The van der Waals surface area contributed by atoms with Gasteiger partial charge in [-0.3, -0.25) is 9.58 Å². The van der Waals surface area contributed by atoms with Crippen LogP contribution in [-0.2, 0) is 16.0 Å². The highest BCUT2D eigenvalue weighted by Crippen LogP contribution is 2.36. The molecule has 0 bridgehead atoms. The standard InChI is InChI=1S/C34H44ClF2N9O4/c1-22-14-44(15-23(2)49-22)27-6-8-28(9-7-27)46-17-30(32(43-46)48-19-34(36,37)18-47-4)42-33-39-12-26(13-40-33)25-5-10-29(35)31(11-25)50-24(3)16-45-21-38-20-41-45/h5,10-13,17,20-24,27-28H,6-9,14-16,18-19H2,1-4H3,(H,39,40,42)/t22-,23+,24-,27?,28?/m0/s1. The quantitative estimate of drug-likeness (QED) is 0.164. The van der Waals surface area contributed by atoms with E-state index in [0.29, 0.717) is 29.0 Å². The van der Waals surface area contributed by atoms with E-state index in [1.165, 1.54) is 13.4 Å². The second kappa shape index (κ2) is 16.0. The van der Waals surface area contributed by atoms with Crippen LogP contribution >= 0.6 is 11.6 Å². The van der Waals surface area contributed by atoms with E-state index in [4.69, 9.17) is 25.8 Å². The summed E-state index contributed by atoms with van der Waals surface area (Å²) in [7, 11) is 1.23. The third-order valence-electron chi connectivity index (χ3n) is 8.88. The fraction of sp³-hybridized carbons (Fsp3) is 0.559. The Morgan fingerprint density at radius 2 is 1.76 bits per heavy atom. The van der Waals surface area contributed by atoms with E-state index in [0.717, 1.165) is 49.9 Å². The van der Waals surface area contributed by atoms with Gasteiger partial charge in [-0.15, -0.1) is 5.10 Å². The number of alkyl halides is 2. The second-order valence-electron chi connectivity index (χ2n) is 13.2. The van der Waals surface area contributed by atoms with E-state index in [2.05, 4.69) is 54.0 Å². The number of ether oxygens (including phenoxy) is 4. The summed E-state index contributed by atoms with van der Waals surface area (Å²) in [4.78, 5) is 15.5. The third-order valence-corrected chi connectivity index (χ3v) is 9.19. The molecule has 1 saturated carbocycles. The fourth-order valence-electron chi connectivity index (χ4n) is 6.66. The van der Waals surface area contributed by atoms with Crippen molar-refractivity contribution in [2.24, 2.45) is 0 Å². The SMILES string of the molecule is COCC(F)(F)COc1nn(C2CCC(N3C[C@@H](C)O[C@@H](C)C3)CC2)cc1Nc1ncc(-c2ccc(Cl)c(O[C@@H](C)Cn3cncn3)c2)cn1. The van der Waals surface area contributed by atoms with Crippen LogP contribution in [0.4, 0.5) is 20.4 Å². The van der Waals surface area contributed by atoms with Gasteiger partial charge in [0.2, 0.25) is 5.95 Å². The topological polar surface area (TPSA) is 127 Å². The summed E-state index contributed by atoms with van der Waals surface area (Å²) in [5.41, 5.74) is 1.93. The number of nitrogens with zero attached hydrogens (tertiary/aromatic N) is 8. The van der Waals surface area contributed by atoms with Gasteiger partial charge in [0.25, 0.3) is 5.88 Å². The summed E-state index contributed by atoms with van der Waals surface area (Å²) in [6.07, 6.45) is 12.2. The van der Waals surface area contributed by atoms with Crippen molar-refractivity contribution >= 4 is 23.2 Å². The molecule has 0 amide bonds. The van der Waals surface area contributed by atoms with Gasteiger partial charge in [0.05, 0.1) is 36.0 Å². The van der Waals surface area contributed by atoms with Crippen LogP contribution in [0.5, 0.6) is 11.6 Å². The molecule has 1 saturated heterocycles. The maximum Gasteiger partial charge on any atom is 0.304 e. The van der Waals surface area contributed by atoms with Gasteiger partial charge in [-0.05, 0) is 64.2 Å². The van der Waals surface area contributed by atoms with Crippen molar-refractivity contribution in [3.63, 3.8) is 0 Å². The molecule has 2 fully saturated rings. The van der Waals surface area contributed by atoms with E-state index in [1.807, 2.05) is 23.7 Å². The summed E-state index contributed by atoms with van der Waals surface area (Å²) in [6, 6.07) is 6.02. The van der Waals surface area contributed by atoms with Crippen molar-refractivity contribution in [2.45, 2.75) is 89.3 Å². The normalized spacial score (nSPS) is 22.3. The molecule has 6 rings (SSSR count). The zero-order chi connectivity index (χ0) is 35.3. The Hall–Kier alpha value is -3.92. The highest BCUT2D eigenvalue weighted by Gasteiger charge is 2.34. The van der Waals surface area contributed by atoms with Gasteiger partial charge in [-0.2, -0.15) is 5.10 Å². The zero-order valence-corrected chi connectivity index (χ0v) is 29.5. The lowest BCUT2D eigenvalue weighted by Gasteiger charge is -2.42. The average Bonchev–Trinajstić information content (AvgIpc) is 3.75. The average molecular weight is 716 g/mol. The van der Waals surface area contributed by atoms with Crippen molar-refractivity contribution in [2.75, 3.05) is 38.7 Å². The van der Waals surface area contributed by atoms with Crippen LogP contribution in [0.25, 0.3) is 11.1 Å². The van der Waals surface area contributed by atoms with Gasteiger partial charge in [0, 0.05) is 44.2 Å². The van der Waals surface area contributed by atoms with Crippen molar-refractivity contribution in [3.8, 4) is 22.8 Å². The first kappa shape index (κ1) is 35.9. The fourth-order valence-corrected chi connectivity index (χ4v) is 6.83. The number of halogens is 3. The molecule has 270 valence electrons. The number of morpholine rings is 1. The van der Waals surface area contributed by atoms with Gasteiger partial charge in [0.1, 0.15) is 36.8 Å². The summed E-state index contributed by atoms with van der Waals surface area (Å²) < 4.78 is 54.5. The Morgan fingerprint density at radius 1 is 1.04 bits per heavy atom. The molecule has 0 unspecified atom stereocenters. The molecule has 3 atom stereocenters. The largest absolute Gasteiger partial charge is 0.487 e. The first-order chi connectivity index (χ1) is 24.0. The van der Waals surface area contributed by atoms with Crippen LogP contribution in [0, 0.1) is 0 Å². The number of anilines is 2. The van der Waals surface area contributed by atoms with E-state index < -0.39 is 19.1 Å². The molecule has 0 radical (unpaired) electrons. The lowest BCUT2D eigenvalue weighted by molar-refractivity contribution is -0.0918. The second-order valence-corrected chi connectivity index (χ2v) is 13.6. The van der Waals surface area contributed by atoms with Gasteiger partial charge in [-0.1, -0.05) is 17.7 Å². The van der Waals surface area contributed by atoms with Crippen molar-refractivity contribution in [1.82, 2.24) is 39.4 Å². The summed E-state index contributed by atoms with van der Waals surface area (Å²) in [5, 5.41) is 12.3. The minimum atomic E-state index is -3.19. The van der Waals surface area contributed by atoms with Crippen molar-refractivity contribution in [1.29, 1.82) is 0 Å². The van der Waals surface area contributed by atoms with Crippen LogP contribution in [-0.4, -0.2) is 103 Å². The summed E-state index contributed by atoms with van der Waals surface area (Å²) >= 11 is 6.44. The number of methoxy groups -OCH3 is 1. The molecule has 4 aromatic rings. The molecule has 50 heavy (non-hydrogen) atoms. The van der Waals surface area contributed by atoms with E-state index >= 15 is 0 Å². The Bertz CT molecular complexity index is 1660. The zero-order valence-electron chi connectivity index (χ0n) is 28.7. The number of hydrogen-bond acceptors (Lipinski definition) is 11. The molecule has 0 spiro atoms. The van der Waals surface area contributed by atoms with E-state index in [9.17, 15) is 8.78 Å². The molecule has 1 aromatic carbocycles. The molecule has 4 heterocycles. The van der Waals surface area contributed by atoms with Crippen molar-refractivity contribution < 1.29 is 27.7 Å². The maximum absolute atomic E-state index is 14.4. The minimum absolute atomic E-state index is 0.0471. The molecule has 2 aliphatic rings. The lowest BCUT2D eigenvalue weighted by atomic mass is 9.89. The maximum atomic E-state index is 14.4. The van der Waals surface area contributed by atoms with Crippen molar-refractivity contribution in [3.05, 3.63) is 54.5 Å². The number of hydrogen-bond donors (Lipinski definition) is 1. The third kappa shape index (κ3) is 9.24. The molecule has 1 N–H and O–H groups in total. The monoisotopic (exact) mass is 715 g/mol. The highest BCUT2D eigenvalue weighted by atomic mass is 35.5. The Morgan fingerprint density at radius 3 is 2.44 bits per heavy atom. The van der Waals surface area contributed by atoms with Gasteiger partial charge in [-0.25, -0.2) is 28.4 Å². The van der Waals surface area contributed by atoms with Gasteiger partial charge >= 0.3 is 5.92 Å². The predicted octanol–water partition coefficient (Wildman–Crippen LogP) is 6.05. The summed E-state index contributed by atoms with van der Waals surface area (Å²) in [6.45, 7) is 6.88. The number of aromatic nitrogens is 7. The number of nitrogens with one attached hydrogen (secondary N) is 1. The van der Waals surface area contributed by atoms with Gasteiger partial charge < -0.3 is 24.3 Å². The summed E-state index contributed by atoms with van der Waals surface area (Å²) in [5.74, 6) is -2.37. The van der Waals surface area contributed by atoms with Crippen LogP contribution in [0.15, 0.2) is 49.4 Å². The van der Waals surface area contributed by atoms with Crippen LogP contribution in [0.1, 0.15) is 52.5 Å². The number of rotatable bonds is 14. The molecule has 1 aliphatic carbocycles. The van der Waals surface area contributed by atoms with Gasteiger partial charge in [0.15, 0.2) is 6.61 Å². The van der Waals surface area contributed by atoms with E-state index in [-0.39, 0.29) is 36.2 Å². The molecular formula is C34H44ClF2N9O4. The van der Waals surface area contributed by atoms with Crippen LogP contribution in [0.3, 0.4) is 0 Å². The minimum Gasteiger partial charge on any atom is -0.487 e. The van der Waals surface area contributed by atoms with Crippen LogP contribution < -0.4 is 14.8 Å². The first-order valence-electron chi connectivity index (χ1n) is 16.9. The number of benzene rings is 1. The smallest absolute Gasteiger partial charge is 0.304 e. The Kier molecular flexibility index (Phi) is 11.5. The molecular weight excluding hydrogens is 672 g/mol. The predicted molar refractivity (Wildman–Crippen MR) is 183 cm³/mol. The highest BCUT2D eigenvalue weighted by molar-refractivity contribution is 6.32. The molecule has 1 aliphatic heterocycles. The Balaban J connectivity index is 1.14. The Labute approximate surface area is 295 Å². The first-order valence-corrected chi connectivity index (χ1v) is 17.3. The van der Waals surface area contributed by atoms with Crippen LogP contribution in [0.2, 0.25) is 5.02 Å². The molecule has 16 heteroatoms.